The zero-order valence-electron chi connectivity index (χ0n) is 25.3. The zero-order valence-corrected chi connectivity index (χ0v) is 25.3. The summed E-state index contributed by atoms with van der Waals surface area (Å²) in [6, 6.07) is 11.2. The number of carbonyl (C=O) groups is 4. The lowest BCUT2D eigenvalue weighted by molar-refractivity contribution is -0.134. The Kier molecular flexibility index (Phi) is 12.1. The van der Waals surface area contributed by atoms with E-state index in [1.165, 1.54) is 13.2 Å². The van der Waals surface area contributed by atoms with Crippen LogP contribution in [-0.4, -0.2) is 105 Å². The Morgan fingerprint density at radius 2 is 1.61 bits per heavy atom. The van der Waals surface area contributed by atoms with Crippen molar-refractivity contribution in [1.29, 1.82) is 0 Å². The number of amides is 3. The van der Waals surface area contributed by atoms with Crippen LogP contribution in [0.1, 0.15) is 24.5 Å². The van der Waals surface area contributed by atoms with E-state index in [9.17, 15) is 24.3 Å². The van der Waals surface area contributed by atoms with Crippen LogP contribution in [0.15, 0.2) is 48.5 Å². The molecule has 1 unspecified atom stereocenters. The Balaban J connectivity index is 1.49. The fourth-order valence-corrected chi connectivity index (χ4v) is 5.29. The Bertz CT molecular complexity index is 1280. The smallest absolute Gasteiger partial charge is 0.243 e. The molecule has 4 N–H and O–H groups in total. The van der Waals surface area contributed by atoms with Crippen molar-refractivity contribution in [3.8, 4) is 11.5 Å². The highest BCUT2D eigenvalue weighted by atomic mass is 16.5. The highest BCUT2D eigenvalue weighted by Crippen LogP contribution is 2.27. The highest BCUT2D eigenvalue weighted by molar-refractivity contribution is 5.95. The molecule has 12 heteroatoms. The molecule has 2 aliphatic heterocycles. The molecule has 2 heterocycles. The molecule has 0 saturated carbocycles. The highest BCUT2D eigenvalue weighted by Gasteiger charge is 2.34. The van der Waals surface area contributed by atoms with Gasteiger partial charge in [-0.05, 0) is 43.0 Å². The lowest BCUT2D eigenvalue weighted by Crippen LogP contribution is -2.57. The summed E-state index contributed by atoms with van der Waals surface area (Å²) in [5.74, 6) is -1.72. The van der Waals surface area contributed by atoms with E-state index >= 15 is 0 Å². The van der Waals surface area contributed by atoms with Gasteiger partial charge < -0.3 is 35.3 Å². The number of phenolic OH excluding ortho intramolecular Hbond substituents is 1. The second-order valence-corrected chi connectivity index (χ2v) is 11.2. The maximum atomic E-state index is 13.8. The second kappa shape index (κ2) is 16.2. The van der Waals surface area contributed by atoms with Crippen LogP contribution in [-0.2, 0) is 41.5 Å². The van der Waals surface area contributed by atoms with Crippen molar-refractivity contribution in [2.24, 2.45) is 5.92 Å². The predicted molar refractivity (Wildman–Crippen MR) is 161 cm³/mol. The van der Waals surface area contributed by atoms with Crippen LogP contribution in [0.2, 0.25) is 0 Å². The SMILES string of the molecule is COc1cc(C[C@H](NC(=O)[C@H](C)NC(=O)CN2CCOCC2)C(=O)N[C@@H](Cc2ccccc2)C(=O)C2CCOC2)ccc1O. The number of hydrogen-bond donors (Lipinski definition) is 4. The van der Waals surface area contributed by atoms with Crippen molar-refractivity contribution < 1.29 is 38.5 Å². The van der Waals surface area contributed by atoms with Gasteiger partial charge in [-0.25, -0.2) is 0 Å². The van der Waals surface area contributed by atoms with Gasteiger partial charge in [-0.1, -0.05) is 36.4 Å². The topological polar surface area (TPSA) is 156 Å². The third-order valence-corrected chi connectivity index (χ3v) is 7.83. The molecular weight excluding hydrogens is 568 g/mol. The van der Waals surface area contributed by atoms with Crippen molar-refractivity contribution in [1.82, 2.24) is 20.9 Å². The summed E-state index contributed by atoms with van der Waals surface area (Å²) >= 11 is 0. The number of carbonyl (C=O) groups excluding carboxylic acids is 4. The molecule has 2 aromatic rings. The molecule has 0 aliphatic carbocycles. The van der Waals surface area contributed by atoms with E-state index in [4.69, 9.17) is 14.2 Å². The van der Waals surface area contributed by atoms with E-state index in [1.807, 2.05) is 35.2 Å². The van der Waals surface area contributed by atoms with Crippen LogP contribution in [0.25, 0.3) is 0 Å². The molecule has 0 spiro atoms. The zero-order chi connectivity index (χ0) is 31.5. The number of benzene rings is 2. The molecule has 0 bridgehead atoms. The van der Waals surface area contributed by atoms with Crippen LogP contribution in [0, 0.1) is 5.92 Å². The van der Waals surface area contributed by atoms with Crippen molar-refractivity contribution in [3.05, 3.63) is 59.7 Å². The molecular formula is C32H42N4O8. The van der Waals surface area contributed by atoms with Crippen LogP contribution in [0.5, 0.6) is 11.5 Å². The quantitative estimate of drug-likeness (QED) is 0.241. The summed E-state index contributed by atoms with van der Waals surface area (Å²) in [6.07, 6.45) is 0.903. The summed E-state index contributed by atoms with van der Waals surface area (Å²) in [4.78, 5) is 55.2. The van der Waals surface area contributed by atoms with Crippen molar-refractivity contribution in [3.63, 3.8) is 0 Å². The Morgan fingerprint density at radius 3 is 2.30 bits per heavy atom. The fraction of sp³-hybridized carbons (Fsp3) is 0.500. The largest absolute Gasteiger partial charge is 0.504 e. The van der Waals surface area contributed by atoms with Gasteiger partial charge in [0.05, 0.1) is 39.5 Å². The minimum atomic E-state index is -1.10. The van der Waals surface area contributed by atoms with Gasteiger partial charge in [0.1, 0.15) is 12.1 Å². The summed E-state index contributed by atoms with van der Waals surface area (Å²) < 4.78 is 16.0. The normalized spacial score (nSPS) is 18.9. The first kappa shape index (κ1) is 32.9. The number of hydrogen-bond acceptors (Lipinski definition) is 9. The Hall–Kier alpha value is -4.00. The monoisotopic (exact) mass is 610 g/mol. The number of nitrogens with zero attached hydrogens (tertiary/aromatic N) is 1. The number of Topliss-reactive ketones (excluding diaryl/α,β-unsaturated/α-hetero) is 1. The first-order valence-corrected chi connectivity index (χ1v) is 14.9. The lowest BCUT2D eigenvalue weighted by Gasteiger charge is -2.27. The number of methoxy groups -OCH3 is 1. The number of nitrogens with one attached hydrogen (secondary N) is 3. The average molecular weight is 611 g/mol. The minimum absolute atomic E-state index is 0.0431. The Morgan fingerprint density at radius 1 is 0.909 bits per heavy atom. The third kappa shape index (κ3) is 9.50. The van der Waals surface area contributed by atoms with Gasteiger partial charge in [0.2, 0.25) is 17.7 Å². The van der Waals surface area contributed by atoms with Gasteiger partial charge in [0.15, 0.2) is 17.3 Å². The van der Waals surface area contributed by atoms with Gasteiger partial charge in [-0.2, -0.15) is 0 Å². The summed E-state index contributed by atoms with van der Waals surface area (Å²) in [6.45, 7) is 4.81. The lowest BCUT2D eigenvalue weighted by atomic mass is 9.92. The second-order valence-electron chi connectivity index (χ2n) is 11.2. The van der Waals surface area contributed by atoms with E-state index in [-0.39, 0.29) is 48.5 Å². The molecule has 3 amide bonds. The summed E-state index contributed by atoms with van der Waals surface area (Å²) in [5.41, 5.74) is 1.49. The van der Waals surface area contributed by atoms with Crippen molar-refractivity contribution in [2.45, 2.75) is 44.3 Å². The van der Waals surface area contributed by atoms with E-state index < -0.39 is 29.9 Å². The number of phenols is 1. The molecule has 2 aliphatic rings. The molecule has 0 radical (unpaired) electrons. The van der Waals surface area contributed by atoms with Crippen LogP contribution >= 0.6 is 0 Å². The molecule has 12 nitrogen and oxygen atoms in total. The molecule has 4 rings (SSSR count). The number of ketones is 1. The van der Waals surface area contributed by atoms with E-state index in [1.54, 1.807) is 19.1 Å². The summed E-state index contributed by atoms with van der Waals surface area (Å²) in [7, 11) is 1.42. The molecule has 2 saturated heterocycles. The Labute approximate surface area is 257 Å². The maximum Gasteiger partial charge on any atom is 0.243 e. The predicted octanol–water partition coefficient (Wildman–Crippen LogP) is 0.598. The number of morpholine rings is 1. The van der Waals surface area contributed by atoms with Gasteiger partial charge >= 0.3 is 0 Å². The first-order chi connectivity index (χ1) is 21.2. The molecule has 2 fully saturated rings. The van der Waals surface area contributed by atoms with Crippen LogP contribution < -0.4 is 20.7 Å². The van der Waals surface area contributed by atoms with Crippen LogP contribution in [0.3, 0.4) is 0 Å². The molecule has 4 atom stereocenters. The van der Waals surface area contributed by atoms with Crippen LogP contribution in [0.4, 0.5) is 0 Å². The third-order valence-electron chi connectivity index (χ3n) is 7.83. The van der Waals surface area contributed by atoms with Crippen molar-refractivity contribution in [2.75, 3.05) is 53.2 Å². The molecule has 2 aromatic carbocycles. The average Bonchev–Trinajstić information content (AvgIpc) is 3.57. The standard InChI is InChI=1S/C32H42N4O8/c1-21(33-29(38)19-36-11-14-43-15-12-36)31(40)35-26(17-23-8-9-27(37)28(18-23)42-2)32(41)34-25(16-22-6-4-3-5-7-22)30(39)24-10-13-44-20-24/h3-9,18,21,24-26,37H,10-17,19-20H2,1-2H3,(H,33,38)(H,34,41)(H,35,40)/t21-,24?,25-,26-/m0/s1. The minimum Gasteiger partial charge on any atom is -0.504 e. The maximum absolute atomic E-state index is 13.8. The van der Waals surface area contributed by atoms with E-state index in [0.717, 1.165) is 5.56 Å². The molecule has 44 heavy (non-hydrogen) atoms. The number of aromatic hydroxyl groups is 1. The molecule has 0 aromatic heterocycles. The van der Waals surface area contributed by atoms with Gasteiger partial charge in [-0.15, -0.1) is 0 Å². The summed E-state index contributed by atoms with van der Waals surface area (Å²) in [5, 5.41) is 18.4. The van der Waals surface area contributed by atoms with E-state index in [0.29, 0.717) is 51.5 Å². The molecule has 238 valence electrons. The number of ether oxygens (including phenoxy) is 3. The van der Waals surface area contributed by atoms with Crippen molar-refractivity contribution >= 4 is 23.5 Å². The van der Waals surface area contributed by atoms with Gasteiger partial charge in [-0.3, -0.25) is 24.1 Å². The number of rotatable bonds is 14. The fourth-order valence-electron chi connectivity index (χ4n) is 5.29. The van der Waals surface area contributed by atoms with Gasteiger partial charge in [0.25, 0.3) is 0 Å². The van der Waals surface area contributed by atoms with Gasteiger partial charge in [0, 0.05) is 32.0 Å². The van der Waals surface area contributed by atoms with E-state index in [2.05, 4.69) is 16.0 Å². The first-order valence-electron chi connectivity index (χ1n) is 14.9.